The molecule has 25 heavy (non-hydrogen) atoms. The maximum absolute atomic E-state index is 4.47. The standard InChI is InChI=1S/2C10H22N2.Ti/c2*1-9(2,3)11-7-8-12-10(4,5)6;/h2*7-8H2,1-6H3;/q2*-2;+4. The van der Waals surface area contributed by atoms with Crippen LogP contribution in [0.5, 0.6) is 0 Å². The molecule has 0 aromatic heterocycles. The molecule has 0 spiro atoms. The first-order valence-electron chi connectivity index (χ1n) is 9.16. The molecule has 0 rings (SSSR count). The molecule has 0 unspecified atom stereocenters. The Balaban J connectivity index is -0.000000372. The van der Waals surface area contributed by atoms with Crippen molar-refractivity contribution < 1.29 is 21.7 Å². The van der Waals surface area contributed by atoms with Crippen LogP contribution in [0, 0.1) is 0 Å². The van der Waals surface area contributed by atoms with Crippen molar-refractivity contribution in [1.82, 2.24) is 0 Å². The second-order valence-electron chi connectivity index (χ2n) is 10.2. The first-order valence-corrected chi connectivity index (χ1v) is 9.16. The van der Waals surface area contributed by atoms with Crippen molar-refractivity contribution in [2.75, 3.05) is 26.2 Å². The van der Waals surface area contributed by atoms with E-state index in [4.69, 9.17) is 0 Å². The monoisotopic (exact) mass is 388 g/mol. The van der Waals surface area contributed by atoms with Gasteiger partial charge >= 0.3 is 21.7 Å². The van der Waals surface area contributed by atoms with E-state index in [1.165, 1.54) is 0 Å². The van der Waals surface area contributed by atoms with Gasteiger partial charge in [0.2, 0.25) is 0 Å². The Labute approximate surface area is 174 Å². The second kappa shape index (κ2) is 12.9. The third-order valence-corrected chi connectivity index (χ3v) is 2.54. The van der Waals surface area contributed by atoms with Crippen LogP contribution in [-0.4, -0.2) is 48.3 Å². The molecule has 0 aromatic carbocycles. The van der Waals surface area contributed by atoms with Crippen LogP contribution in [0.15, 0.2) is 0 Å². The minimum absolute atomic E-state index is 0. The summed E-state index contributed by atoms with van der Waals surface area (Å²) in [5.74, 6) is 0. The Morgan fingerprint density at radius 1 is 0.360 bits per heavy atom. The van der Waals surface area contributed by atoms with Gasteiger partial charge in [-0.15, -0.1) is 22.2 Å². The molecular formula is C20H44N4Ti. The third-order valence-electron chi connectivity index (χ3n) is 2.54. The van der Waals surface area contributed by atoms with Gasteiger partial charge in [-0.05, 0) is 0 Å². The van der Waals surface area contributed by atoms with Gasteiger partial charge in [0.05, 0.1) is 0 Å². The number of rotatable bonds is 6. The molecule has 5 heteroatoms. The van der Waals surface area contributed by atoms with Crippen LogP contribution >= 0.6 is 0 Å². The summed E-state index contributed by atoms with van der Waals surface area (Å²) in [6, 6.07) is 0. The largest absolute Gasteiger partial charge is 4.00 e. The Hall–Kier alpha value is 0.554. The van der Waals surface area contributed by atoms with Crippen LogP contribution in [0.4, 0.5) is 0 Å². The average molecular weight is 388 g/mol. The molecule has 0 bridgehead atoms. The number of nitrogens with zero attached hydrogens (tertiary/aromatic N) is 4. The summed E-state index contributed by atoms with van der Waals surface area (Å²) in [6.07, 6.45) is 0. The molecule has 0 aromatic rings. The van der Waals surface area contributed by atoms with Crippen molar-refractivity contribution in [3.8, 4) is 0 Å². The van der Waals surface area contributed by atoms with Crippen molar-refractivity contribution >= 4 is 0 Å². The molecule has 0 fully saturated rings. The average Bonchev–Trinajstić information content (AvgIpc) is 2.27. The van der Waals surface area contributed by atoms with Gasteiger partial charge in [0, 0.05) is 0 Å². The normalized spacial score (nSPS) is 13.0. The Morgan fingerprint density at radius 2 is 0.480 bits per heavy atom. The summed E-state index contributed by atoms with van der Waals surface area (Å²) in [5.41, 5.74) is 0.363. The Bertz CT molecular complexity index is 240. The predicted octanol–water partition coefficient (Wildman–Crippen LogP) is 6.66. The van der Waals surface area contributed by atoms with Crippen molar-refractivity contribution in [1.29, 1.82) is 0 Å². The molecule has 0 aliphatic heterocycles. The topological polar surface area (TPSA) is 56.4 Å². The van der Waals surface area contributed by atoms with Gasteiger partial charge in [-0.3, -0.25) is 0 Å². The van der Waals surface area contributed by atoms with Crippen LogP contribution in [0.2, 0.25) is 0 Å². The van der Waals surface area contributed by atoms with E-state index in [1.807, 2.05) is 0 Å². The molecule has 0 amide bonds. The van der Waals surface area contributed by atoms with Gasteiger partial charge in [-0.2, -0.15) is 26.2 Å². The molecule has 4 nitrogen and oxygen atoms in total. The summed E-state index contributed by atoms with van der Waals surface area (Å²) in [7, 11) is 0. The quantitative estimate of drug-likeness (QED) is 0.361. The maximum Gasteiger partial charge on any atom is 4.00 e. The molecule has 0 atom stereocenters. The van der Waals surface area contributed by atoms with Crippen LogP contribution in [-0.2, 0) is 21.7 Å². The van der Waals surface area contributed by atoms with E-state index < -0.39 is 0 Å². The van der Waals surface area contributed by atoms with Gasteiger partial charge in [0.1, 0.15) is 0 Å². The molecule has 148 valence electrons. The van der Waals surface area contributed by atoms with Gasteiger partial charge in [-0.1, -0.05) is 83.1 Å². The van der Waals surface area contributed by atoms with Crippen LogP contribution < -0.4 is 0 Å². The fraction of sp³-hybridized carbons (Fsp3) is 1.00. The number of hydrogen-bond donors (Lipinski definition) is 0. The van der Waals surface area contributed by atoms with Gasteiger partial charge in [0.25, 0.3) is 0 Å². The van der Waals surface area contributed by atoms with E-state index in [2.05, 4.69) is 104 Å². The first-order chi connectivity index (χ1) is 10.4. The van der Waals surface area contributed by atoms with E-state index in [1.54, 1.807) is 0 Å². The molecule has 0 saturated heterocycles. The molecule has 0 aliphatic rings. The zero-order valence-electron chi connectivity index (χ0n) is 19.1. The van der Waals surface area contributed by atoms with Gasteiger partial charge in [-0.25, -0.2) is 0 Å². The molecular weight excluding hydrogens is 344 g/mol. The van der Waals surface area contributed by atoms with Crippen LogP contribution in [0.1, 0.15) is 83.1 Å². The first kappa shape index (κ1) is 30.3. The van der Waals surface area contributed by atoms with Gasteiger partial charge < -0.3 is 21.3 Å². The summed E-state index contributed by atoms with van der Waals surface area (Å²) >= 11 is 0. The Morgan fingerprint density at radius 3 is 0.560 bits per heavy atom. The molecule has 0 heterocycles. The number of hydrogen-bond acceptors (Lipinski definition) is 0. The van der Waals surface area contributed by atoms with E-state index in [-0.39, 0.29) is 43.9 Å². The van der Waals surface area contributed by atoms with Crippen LogP contribution in [0.25, 0.3) is 21.3 Å². The maximum atomic E-state index is 4.47. The predicted molar refractivity (Wildman–Crippen MR) is 112 cm³/mol. The van der Waals surface area contributed by atoms with Crippen molar-refractivity contribution in [2.45, 2.75) is 105 Å². The molecule has 0 N–H and O–H groups in total. The van der Waals surface area contributed by atoms with Crippen molar-refractivity contribution in [3.63, 3.8) is 0 Å². The summed E-state index contributed by atoms with van der Waals surface area (Å²) in [5, 5.41) is 17.9. The zero-order chi connectivity index (χ0) is 19.7. The van der Waals surface area contributed by atoms with E-state index >= 15 is 0 Å². The third kappa shape index (κ3) is 36.3. The van der Waals surface area contributed by atoms with Gasteiger partial charge in [0.15, 0.2) is 0 Å². The zero-order valence-corrected chi connectivity index (χ0v) is 20.7. The summed E-state index contributed by atoms with van der Waals surface area (Å²) in [4.78, 5) is 0. The van der Waals surface area contributed by atoms with E-state index in [0.29, 0.717) is 0 Å². The molecule has 0 radical (unpaired) electrons. The fourth-order valence-corrected chi connectivity index (χ4v) is 1.54. The van der Waals surface area contributed by atoms with Crippen LogP contribution in [0.3, 0.4) is 0 Å². The Kier molecular flexibility index (Phi) is 15.6. The SMILES string of the molecule is CC(C)(C)[N-]CC[N-]C(C)(C)C.CC(C)(C)[N-]CC[N-]C(C)(C)C.[Ti+4]. The fourth-order valence-electron chi connectivity index (χ4n) is 1.54. The second-order valence-corrected chi connectivity index (χ2v) is 10.2. The van der Waals surface area contributed by atoms with Crippen molar-refractivity contribution in [2.24, 2.45) is 0 Å². The molecule has 0 aliphatic carbocycles. The summed E-state index contributed by atoms with van der Waals surface area (Å²) < 4.78 is 0. The van der Waals surface area contributed by atoms with E-state index in [9.17, 15) is 0 Å². The minimum Gasteiger partial charge on any atom is -0.659 e. The molecule has 0 saturated carbocycles. The van der Waals surface area contributed by atoms with Crippen molar-refractivity contribution in [3.05, 3.63) is 21.3 Å². The summed E-state index contributed by atoms with van der Waals surface area (Å²) in [6.45, 7) is 28.8. The van der Waals surface area contributed by atoms with E-state index in [0.717, 1.165) is 26.2 Å². The minimum atomic E-state index is 0. The smallest absolute Gasteiger partial charge is 0.659 e.